The molecule has 0 aromatic carbocycles. The highest BCUT2D eigenvalue weighted by Crippen LogP contribution is 2.61. The molecule has 0 aromatic heterocycles. The first-order chi connectivity index (χ1) is 8.71. The summed E-state index contributed by atoms with van der Waals surface area (Å²) in [6.07, 6.45) is 9.24. The van der Waals surface area contributed by atoms with E-state index in [0.29, 0.717) is 17.4 Å². The smallest absolute Gasteiger partial charge is 0.220 e. The van der Waals surface area contributed by atoms with Gasteiger partial charge in [0, 0.05) is 19.5 Å². The number of hydrogen-bond donors (Lipinski definition) is 2. The Morgan fingerprint density at radius 1 is 1.06 bits per heavy atom. The lowest BCUT2D eigenvalue weighted by Gasteiger charge is -2.56. The van der Waals surface area contributed by atoms with E-state index in [1.807, 2.05) is 0 Å². The monoisotopic (exact) mass is 248 g/mol. The molecule has 0 atom stereocenters. The summed E-state index contributed by atoms with van der Waals surface area (Å²) in [4.78, 5) is 12.2. The number of amides is 1. The maximum atomic E-state index is 12.2. The largest absolute Gasteiger partial charge is 0.351 e. The summed E-state index contributed by atoms with van der Waals surface area (Å²) in [6, 6.07) is 0.409. The van der Waals surface area contributed by atoms with Crippen LogP contribution in [0.2, 0.25) is 0 Å². The van der Waals surface area contributed by atoms with Crippen LogP contribution in [0.1, 0.15) is 44.9 Å². The summed E-state index contributed by atoms with van der Waals surface area (Å²) in [6.45, 7) is 1.93. The molecule has 4 aliphatic carbocycles. The average Bonchev–Trinajstić information content (AvgIpc) is 2.20. The molecule has 0 spiro atoms. The van der Waals surface area contributed by atoms with Gasteiger partial charge in [0.05, 0.1) is 6.04 Å². The summed E-state index contributed by atoms with van der Waals surface area (Å²) < 4.78 is 0. The van der Waals surface area contributed by atoms with E-state index in [9.17, 15) is 4.79 Å². The van der Waals surface area contributed by atoms with Gasteiger partial charge in [-0.25, -0.2) is 0 Å². The Kier molecular flexibility index (Phi) is 2.48. The first-order valence-electron chi connectivity index (χ1n) is 7.71. The Balaban J connectivity index is 1.42. The zero-order valence-corrected chi connectivity index (χ0v) is 11.1. The second kappa shape index (κ2) is 3.96. The topological polar surface area (TPSA) is 41.1 Å². The van der Waals surface area contributed by atoms with Crippen molar-refractivity contribution < 1.29 is 4.79 Å². The van der Waals surface area contributed by atoms with Crippen LogP contribution < -0.4 is 10.6 Å². The second-order valence-corrected chi connectivity index (χ2v) is 7.52. The van der Waals surface area contributed by atoms with E-state index < -0.39 is 0 Å². The van der Waals surface area contributed by atoms with Gasteiger partial charge in [-0.2, -0.15) is 0 Å². The van der Waals surface area contributed by atoms with Gasteiger partial charge in [0.1, 0.15) is 0 Å². The average molecular weight is 248 g/mol. The Morgan fingerprint density at radius 2 is 1.61 bits per heavy atom. The van der Waals surface area contributed by atoms with Crippen LogP contribution in [0.4, 0.5) is 0 Å². The molecule has 4 saturated carbocycles. The van der Waals surface area contributed by atoms with Crippen molar-refractivity contribution in [3.05, 3.63) is 0 Å². The van der Waals surface area contributed by atoms with Gasteiger partial charge in [0.25, 0.3) is 0 Å². The molecule has 3 nitrogen and oxygen atoms in total. The molecule has 5 rings (SSSR count). The summed E-state index contributed by atoms with van der Waals surface area (Å²) >= 11 is 0. The number of rotatable bonds is 3. The summed E-state index contributed by atoms with van der Waals surface area (Å²) in [7, 11) is 0. The number of carbonyl (C=O) groups is 1. The lowest BCUT2D eigenvalue weighted by atomic mass is 9.49. The van der Waals surface area contributed by atoms with E-state index in [2.05, 4.69) is 10.6 Å². The van der Waals surface area contributed by atoms with Crippen molar-refractivity contribution >= 4 is 5.91 Å². The second-order valence-electron chi connectivity index (χ2n) is 7.52. The molecule has 3 heteroatoms. The minimum Gasteiger partial charge on any atom is -0.351 e. The number of nitrogens with one attached hydrogen (secondary N) is 2. The van der Waals surface area contributed by atoms with Gasteiger partial charge in [-0.1, -0.05) is 0 Å². The fraction of sp³-hybridized carbons (Fsp3) is 0.933. The molecular formula is C15H24N2O. The van der Waals surface area contributed by atoms with E-state index in [-0.39, 0.29) is 0 Å². The van der Waals surface area contributed by atoms with Crippen molar-refractivity contribution in [2.24, 2.45) is 23.2 Å². The molecular weight excluding hydrogens is 224 g/mol. The van der Waals surface area contributed by atoms with E-state index in [1.54, 1.807) is 0 Å². The first-order valence-corrected chi connectivity index (χ1v) is 7.71. The minimum atomic E-state index is 0.323. The highest BCUT2D eigenvalue weighted by molar-refractivity contribution is 5.77. The lowest BCUT2D eigenvalue weighted by molar-refractivity contribution is -0.130. The first kappa shape index (κ1) is 11.3. The maximum absolute atomic E-state index is 12.2. The third-order valence-electron chi connectivity index (χ3n) is 5.85. The molecule has 5 fully saturated rings. The lowest BCUT2D eigenvalue weighted by Crippen LogP contribution is -2.58. The highest BCUT2D eigenvalue weighted by atomic mass is 16.1. The Morgan fingerprint density at radius 3 is 2.06 bits per heavy atom. The van der Waals surface area contributed by atoms with Crippen LogP contribution in [0.15, 0.2) is 0 Å². The van der Waals surface area contributed by atoms with Gasteiger partial charge in [-0.15, -0.1) is 0 Å². The minimum absolute atomic E-state index is 0.323. The molecule has 100 valence electrons. The quantitative estimate of drug-likeness (QED) is 0.798. The standard InChI is InChI=1S/C15H24N2O/c18-14(17-13-8-16-9-13)7-15-4-10-1-11(5-15)3-12(2-10)6-15/h10-13,16H,1-9H2,(H,17,18). The van der Waals surface area contributed by atoms with Gasteiger partial charge in [-0.3, -0.25) is 4.79 Å². The van der Waals surface area contributed by atoms with Gasteiger partial charge < -0.3 is 10.6 Å². The third-order valence-corrected chi connectivity index (χ3v) is 5.85. The third kappa shape index (κ3) is 1.87. The fourth-order valence-electron chi connectivity index (χ4n) is 5.52. The molecule has 4 bridgehead atoms. The zero-order chi connectivity index (χ0) is 12.2. The van der Waals surface area contributed by atoms with Crippen LogP contribution in [0.5, 0.6) is 0 Å². The SMILES string of the molecule is O=C(CC12CC3CC(CC(C3)C1)C2)NC1CNC1. The fourth-order valence-corrected chi connectivity index (χ4v) is 5.52. The molecule has 18 heavy (non-hydrogen) atoms. The number of carbonyl (C=O) groups excluding carboxylic acids is 1. The Hall–Kier alpha value is -0.570. The van der Waals surface area contributed by atoms with Crippen LogP contribution in [-0.4, -0.2) is 25.0 Å². The Bertz CT molecular complexity index is 326. The molecule has 1 aliphatic heterocycles. The van der Waals surface area contributed by atoms with Gasteiger partial charge in [-0.05, 0) is 61.7 Å². The molecule has 0 unspecified atom stereocenters. The van der Waals surface area contributed by atoms with Crippen molar-refractivity contribution in [1.82, 2.24) is 10.6 Å². The van der Waals surface area contributed by atoms with E-state index >= 15 is 0 Å². The highest BCUT2D eigenvalue weighted by Gasteiger charge is 2.51. The van der Waals surface area contributed by atoms with Crippen molar-refractivity contribution in [3.63, 3.8) is 0 Å². The van der Waals surface area contributed by atoms with Crippen molar-refractivity contribution in [3.8, 4) is 0 Å². The van der Waals surface area contributed by atoms with Gasteiger partial charge >= 0.3 is 0 Å². The van der Waals surface area contributed by atoms with Crippen LogP contribution in [0.25, 0.3) is 0 Å². The zero-order valence-electron chi connectivity index (χ0n) is 11.1. The van der Waals surface area contributed by atoms with Crippen LogP contribution >= 0.6 is 0 Å². The molecule has 0 aromatic rings. The summed E-state index contributed by atoms with van der Waals surface area (Å²) in [5.74, 6) is 3.18. The number of hydrogen-bond acceptors (Lipinski definition) is 2. The molecule has 5 aliphatic rings. The van der Waals surface area contributed by atoms with Crippen LogP contribution in [-0.2, 0) is 4.79 Å². The van der Waals surface area contributed by atoms with Gasteiger partial charge in [0.15, 0.2) is 0 Å². The van der Waals surface area contributed by atoms with Gasteiger partial charge in [0.2, 0.25) is 5.91 Å². The normalized spacial score (nSPS) is 45.9. The summed E-state index contributed by atoms with van der Waals surface area (Å²) in [5, 5.41) is 6.40. The van der Waals surface area contributed by atoms with Crippen molar-refractivity contribution in [2.45, 2.75) is 51.0 Å². The molecule has 1 saturated heterocycles. The molecule has 1 heterocycles. The molecule has 1 amide bonds. The Labute approximate surface area is 109 Å². The predicted molar refractivity (Wildman–Crippen MR) is 70.0 cm³/mol. The summed E-state index contributed by atoms with van der Waals surface area (Å²) in [5.41, 5.74) is 0.399. The van der Waals surface area contributed by atoms with E-state index in [1.165, 1.54) is 38.5 Å². The predicted octanol–water partition coefficient (Wildman–Crippen LogP) is 1.68. The maximum Gasteiger partial charge on any atom is 0.220 e. The molecule has 2 N–H and O–H groups in total. The van der Waals surface area contributed by atoms with Crippen LogP contribution in [0.3, 0.4) is 0 Å². The van der Waals surface area contributed by atoms with Crippen LogP contribution in [0, 0.1) is 23.2 Å². The van der Waals surface area contributed by atoms with E-state index in [0.717, 1.165) is 37.3 Å². The van der Waals surface area contributed by atoms with Crippen molar-refractivity contribution in [1.29, 1.82) is 0 Å². The van der Waals surface area contributed by atoms with E-state index in [4.69, 9.17) is 0 Å². The molecule has 0 radical (unpaired) electrons. The van der Waals surface area contributed by atoms with Crippen molar-refractivity contribution in [2.75, 3.05) is 13.1 Å².